The molecule has 3 atom stereocenters. The largest absolute Gasteiger partial charge is 0.463 e. The average molecular weight is 329 g/mol. The van der Waals surface area contributed by atoms with Gasteiger partial charge in [0.25, 0.3) is 0 Å². The van der Waals surface area contributed by atoms with E-state index in [2.05, 4.69) is 5.32 Å². The fourth-order valence-corrected chi connectivity index (χ4v) is 3.42. The Morgan fingerprint density at radius 3 is 2.74 bits per heavy atom. The minimum Gasteiger partial charge on any atom is -0.463 e. The highest BCUT2D eigenvalue weighted by Gasteiger charge is 2.33. The van der Waals surface area contributed by atoms with Crippen LogP contribution >= 0.6 is 0 Å². The maximum absolute atomic E-state index is 12.4. The van der Waals surface area contributed by atoms with E-state index in [0.29, 0.717) is 30.4 Å². The summed E-state index contributed by atoms with van der Waals surface area (Å²) in [6.07, 6.45) is 3.16. The number of aliphatic hydroxyl groups is 1. The quantitative estimate of drug-likeness (QED) is 0.320. The third-order valence-corrected chi connectivity index (χ3v) is 4.69. The Labute approximate surface area is 136 Å². The van der Waals surface area contributed by atoms with Gasteiger partial charge in [-0.1, -0.05) is 6.42 Å². The highest BCUT2D eigenvalue weighted by Crippen LogP contribution is 2.23. The van der Waals surface area contributed by atoms with E-state index >= 15 is 0 Å². The molecule has 2 fully saturated rings. The summed E-state index contributed by atoms with van der Waals surface area (Å²) in [5, 5.41) is 30.5. The number of aliphatic hydroxyl groups excluding tert-OH is 1. The Balaban J connectivity index is 1.69. The lowest BCUT2D eigenvalue weighted by Gasteiger charge is -2.34. The molecule has 0 bridgehead atoms. The molecule has 2 heterocycles. The minimum absolute atomic E-state index is 0.0821. The van der Waals surface area contributed by atoms with Crippen molar-refractivity contribution in [2.24, 2.45) is 5.92 Å². The first-order valence-electron chi connectivity index (χ1n) is 8.37. The zero-order valence-electron chi connectivity index (χ0n) is 13.4. The van der Waals surface area contributed by atoms with E-state index in [4.69, 9.17) is 10.3 Å². The molecule has 2 amide bonds. The molecule has 0 aromatic rings. The molecule has 0 aliphatic carbocycles. The van der Waals surface area contributed by atoms with Crippen LogP contribution in [0.2, 0.25) is 0 Å². The second kappa shape index (κ2) is 8.47. The van der Waals surface area contributed by atoms with E-state index in [1.165, 1.54) is 0 Å². The number of nitrogens with zero attached hydrogens (tertiary/aromatic N) is 2. The molecule has 0 spiro atoms. The minimum atomic E-state index is -1.33. The van der Waals surface area contributed by atoms with Crippen LogP contribution in [-0.2, 0) is 4.79 Å². The van der Waals surface area contributed by atoms with Gasteiger partial charge in [-0.3, -0.25) is 10.0 Å². The number of β-amino-alcohol motifs (C(OH)–C–C–N with tert-alkyl or cyclic N) is 1. The first-order valence-corrected chi connectivity index (χ1v) is 8.37. The van der Waals surface area contributed by atoms with Gasteiger partial charge in [-0.25, -0.2) is 4.79 Å². The highest BCUT2D eigenvalue weighted by atomic mass is 16.6. The number of piperidine rings is 1. The van der Waals surface area contributed by atoms with Crippen LogP contribution in [0.15, 0.2) is 0 Å². The van der Waals surface area contributed by atoms with Crippen molar-refractivity contribution >= 4 is 12.0 Å². The van der Waals surface area contributed by atoms with Gasteiger partial charge in [0.15, 0.2) is 0 Å². The SMILES string of the molecule is O=C(O)N(O)CCCCC1CCCN(C(=O)[C@@H]2C[C@@H](O)CN2)C1. The zero-order chi connectivity index (χ0) is 16.8. The molecule has 8 heteroatoms. The lowest BCUT2D eigenvalue weighted by atomic mass is 9.92. The third kappa shape index (κ3) is 5.33. The monoisotopic (exact) mass is 329 g/mol. The second-order valence-electron chi connectivity index (χ2n) is 6.54. The number of likely N-dealkylation sites (tertiary alicyclic amines) is 1. The number of hydrogen-bond donors (Lipinski definition) is 4. The van der Waals surface area contributed by atoms with Crippen molar-refractivity contribution in [2.45, 2.75) is 50.7 Å². The van der Waals surface area contributed by atoms with Crippen molar-refractivity contribution in [3.05, 3.63) is 0 Å². The Morgan fingerprint density at radius 2 is 2.09 bits per heavy atom. The first kappa shape index (κ1) is 18.0. The number of rotatable bonds is 6. The highest BCUT2D eigenvalue weighted by molar-refractivity contribution is 5.82. The molecule has 0 saturated carbocycles. The van der Waals surface area contributed by atoms with Gasteiger partial charge in [-0.05, 0) is 38.0 Å². The molecular formula is C15H27N3O5. The topological polar surface area (TPSA) is 113 Å². The fourth-order valence-electron chi connectivity index (χ4n) is 3.42. The van der Waals surface area contributed by atoms with Gasteiger partial charge in [-0.2, -0.15) is 5.06 Å². The number of nitrogens with one attached hydrogen (secondary N) is 1. The van der Waals surface area contributed by atoms with Gasteiger partial charge in [0, 0.05) is 19.6 Å². The summed E-state index contributed by atoms with van der Waals surface area (Å²) in [4.78, 5) is 24.8. The van der Waals surface area contributed by atoms with Gasteiger partial charge < -0.3 is 20.4 Å². The molecule has 2 aliphatic rings. The van der Waals surface area contributed by atoms with Gasteiger partial charge >= 0.3 is 6.09 Å². The average Bonchev–Trinajstić information content (AvgIpc) is 2.97. The lowest BCUT2D eigenvalue weighted by Crippen LogP contribution is -2.47. The first-order chi connectivity index (χ1) is 11.0. The number of carbonyl (C=O) groups is 2. The molecule has 0 aromatic heterocycles. The molecule has 0 radical (unpaired) electrons. The zero-order valence-corrected chi connectivity index (χ0v) is 13.4. The Morgan fingerprint density at radius 1 is 1.30 bits per heavy atom. The van der Waals surface area contributed by atoms with Crippen LogP contribution in [0.3, 0.4) is 0 Å². The van der Waals surface area contributed by atoms with E-state index in [9.17, 15) is 14.7 Å². The van der Waals surface area contributed by atoms with Gasteiger partial charge in [0.05, 0.1) is 18.7 Å². The summed E-state index contributed by atoms with van der Waals surface area (Å²) < 4.78 is 0. The molecule has 132 valence electrons. The van der Waals surface area contributed by atoms with Crippen molar-refractivity contribution in [3.63, 3.8) is 0 Å². The number of hydrogen-bond acceptors (Lipinski definition) is 5. The van der Waals surface area contributed by atoms with Gasteiger partial charge in [0.1, 0.15) is 0 Å². The smallest absolute Gasteiger partial charge is 0.431 e. The maximum Gasteiger partial charge on any atom is 0.431 e. The second-order valence-corrected chi connectivity index (χ2v) is 6.54. The molecule has 4 N–H and O–H groups in total. The van der Waals surface area contributed by atoms with E-state index in [1.807, 2.05) is 4.90 Å². The van der Waals surface area contributed by atoms with Crippen LogP contribution < -0.4 is 5.32 Å². The molecule has 8 nitrogen and oxygen atoms in total. The van der Waals surface area contributed by atoms with Crippen LogP contribution in [0.4, 0.5) is 4.79 Å². The number of hydroxylamine groups is 2. The van der Waals surface area contributed by atoms with Crippen LogP contribution in [-0.4, -0.2) is 75.7 Å². The third-order valence-electron chi connectivity index (χ3n) is 4.69. The van der Waals surface area contributed by atoms with E-state index < -0.39 is 12.2 Å². The molecular weight excluding hydrogens is 302 g/mol. The maximum atomic E-state index is 12.4. The van der Waals surface area contributed by atoms with Gasteiger partial charge in [0.2, 0.25) is 5.91 Å². The number of carboxylic acid groups (broad SMARTS) is 1. The molecule has 2 aliphatic heterocycles. The van der Waals surface area contributed by atoms with E-state index in [-0.39, 0.29) is 18.5 Å². The van der Waals surface area contributed by atoms with Crippen LogP contribution in [0.25, 0.3) is 0 Å². The number of carbonyl (C=O) groups excluding carboxylic acids is 1. The van der Waals surface area contributed by atoms with Crippen LogP contribution in [0.1, 0.15) is 38.5 Å². The normalized spacial score (nSPS) is 27.9. The Bertz CT molecular complexity index is 420. The lowest BCUT2D eigenvalue weighted by molar-refractivity contribution is -0.135. The van der Waals surface area contributed by atoms with Crippen molar-refractivity contribution in [1.82, 2.24) is 15.3 Å². The standard InChI is InChI=1S/C15H27N3O5/c19-12-8-13(16-9-12)14(20)17-6-3-5-11(10-17)4-1-2-7-18(23)15(21)22/h11-13,16,19,23H,1-10H2,(H,21,22)/t11?,12-,13+/m1/s1. The Kier molecular flexibility index (Phi) is 6.61. The summed E-state index contributed by atoms with van der Waals surface area (Å²) in [6.45, 7) is 2.10. The van der Waals surface area contributed by atoms with Crippen molar-refractivity contribution in [2.75, 3.05) is 26.2 Å². The summed E-state index contributed by atoms with van der Waals surface area (Å²) >= 11 is 0. The predicted molar refractivity (Wildman–Crippen MR) is 82.1 cm³/mol. The van der Waals surface area contributed by atoms with Crippen LogP contribution in [0, 0.1) is 5.92 Å². The number of amides is 2. The van der Waals surface area contributed by atoms with Crippen LogP contribution in [0.5, 0.6) is 0 Å². The molecule has 23 heavy (non-hydrogen) atoms. The molecule has 0 aromatic carbocycles. The number of unbranched alkanes of at least 4 members (excludes halogenated alkanes) is 1. The summed E-state index contributed by atoms with van der Waals surface area (Å²) in [6, 6.07) is -0.262. The van der Waals surface area contributed by atoms with Crippen molar-refractivity contribution in [3.8, 4) is 0 Å². The molecule has 2 saturated heterocycles. The van der Waals surface area contributed by atoms with Gasteiger partial charge in [-0.15, -0.1) is 0 Å². The summed E-state index contributed by atoms with van der Waals surface area (Å²) in [5.41, 5.74) is 0. The van der Waals surface area contributed by atoms with Crippen molar-refractivity contribution < 1.29 is 25.0 Å². The van der Waals surface area contributed by atoms with Crippen molar-refractivity contribution in [1.29, 1.82) is 0 Å². The fraction of sp³-hybridized carbons (Fsp3) is 0.867. The Hall–Kier alpha value is -1.38. The molecule has 2 rings (SSSR count). The molecule has 1 unspecified atom stereocenters. The van der Waals surface area contributed by atoms with E-state index in [0.717, 1.165) is 38.8 Å². The summed E-state index contributed by atoms with van der Waals surface area (Å²) in [5.74, 6) is 0.509. The van der Waals surface area contributed by atoms with E-state index in [1.54, 1.807) is 0 Å². The predicted octanol–water partition coefficient (Wildman–Crippen LogP) is 0.487. The summed E-state index contributed by atoms with van der Waals surface area (Å²) in [7, 11) is 0.